The van der Waals surface area contributed by atoms with Crippen LogP contribution in [0.25, 0.3) is 0 Å². The van der Waals surface area contributed by atoms with Crippen molar-refractivity contribution in [3.8, 4) is 0 Å². The van der Waals surface area contributed by atoms with Crippen LogP contribution in [-0.2, 0) is 4.79 Å². The van der Waals surface area contributed by atoms with Gasteiger partial charge in [-0.3, -0.25) is 14.6 Å². The van der Waals surface area contributed by atoms with E-state index in [1.54, 1.807) is 0 Å². The highest BCUT2D eigenvalue weighted by Gasteiger charge is 2.35. The largest absolute Gasteiger partial charge is 0.299 e. The molecule has 3 aliphatic heterocycles. The lowest BCUT2D eigenvalue weighted by Gasteiger charge is -2.46. The van der Waals surface area contributed by atoms with E-state index in [0.717, 1.165) is 52.0 Å². The Morgan fingerprint density at radius 2 is 2.07 bits per heavy atom. The van der Waals surface area contributed by atoms with Crippen LogP contribution in [0.3, 0.4) is 0 Å². The summed E-state index contributed by atoms with van der Waals surface area (Å²) in [4.78, 5) is 16.7. The highest BCUT2D eigenvalue weighted by atomic mass is 16.1. The molecule has 1 unspecified atom stereocenters. The maximum atomic E-state index is 12.0. The smallest absolute Gasteiger partial charge is 0.151 e. The molecule has 84 valence electrons. The monoisotopic (exact) mass is 208 g/mol. The van der Waals surface area contributed by atoms with E-state index in [0.29, 0.717) is 5.78 Å². The fourth-order valence-corrected chi connectivity index (χ4v) is 2.51. The standard InChI is InChI=1S/C12H20N2O/c1-2-3-4-5-12(15)11-10-13-6-8-14(11)9-7-13/h2,11H,1,3-10H2. The summed E-state index contributed by atoms with van der Waals surface area (Å²) >= 11 is 0. The fraction of sp³-hybridized carbons (Fsp3) is 0.750. The SMILES string of the molecule is C=CCCCC(=O)C1CN2CCN1CC2. The molecule has 3 saturated heterocycles. The van der Waals surface area contributed by atoms with Crippen LogP contribution in [0.15, 0.2) is 12.7 Å². The molecule has 3 heterocycles. The van der Waals surface area contributed by atoms with Crippen LogP contribution in [0.2, 0.25) is 0 Å². The first-order chi connectivity index (χ1) is 7.31. The number of unbranched alkanes of at least 4 members (excludes halogenated alkanes) is 1. The molecule has 0 aromatic carbocycles. The number of Topliss-reactive ketones (excluding diaryl/α,β-unsaturated/α-hetero) is 1. The molecule has 3 nitrogen and oxygen atoms in total. The first-order valence-corrected chi connectivity index (χ1v) is 5.91. The van der Waals surface area contributed by atoms with E-state index in [9.17, 15) is 4.79 Å². The Kier molecular flexibility index (Phi) is 3.54. The molecule has 0 spiro atoms. The zero-order chi connectivity index (χ0) is 10.7. The number of carbonyl (C=O) groups is 1. The molecule has 0 amide bonds. The van der Waals surface area contributed by atoms with Gasteiger partial charge in [0.25, 0.3) is 0 Å². The van der Waals surface area contributed by atoms with Crippen LogP contribution in [0.5, 0.6) is 0 Å². The second kappa shape index (κ2) is 4.90. The van der Waals surface area contributed by atoms with E-state index in [4.69, 9.17) is 0 Å². The second-order valence-electron chi connectivity index (χ2n) is 4.50. The van der Waals surface area contributed by atoms with Gasteiger partial charge in [0.15, 0.2) is 5.78 Å². The molecule has 0 N–H and O–H groups in total. The minimum atomic E-state index is 0.192. The van der Waals surface area contributed by atoms with Crippen LogP contribution in [-0.4, -0.2) is 54.3 Å². The zero-order valence-electron chi connectivity index (χ0n) is 9.32. The highest BCUT2D eigenvalue weighted by molar-refractivity contribution is 5.84. The van der Waals surface area contributed by atoms with E-state index in [1.165, 1.54) is 0 Å². The van der Waals surface area contributed by atoms with Crippen molar-refractivity contribution >= 4 is 5.78 Å². The summed E-state index contributed by atoms with van der Waals surface area (Å²) in [5.74, 6) is 0.432. The third kappa shape index (κ3) is 2.47. The second-order valence-corrected chi connectivity index (χ2v) is 4.50. The van der Waals surface area contributed by atoms with Gasteiger partial charge in [-0.25, -0.2) is 0 Å². The summed E-state index contributed by atoms with van der Waals surface area (Å²) in [5, 5.41) is 0. The summed E-state index contributed by atoms with van der Waals surface area (Å²) in [6.07, 6.45) is 4.54. The van der Waals surface area contributed by atoms with Crippen LogP contribution in [0.4, 0.5) is 0 Å². The molecule has 3 heteroatoms. The number of hydrogen-bond donors (Lipinski definition) is 0. The minimum absolute atomic E-state index is 0.192. The first kappa shape index (κ1) is 10.8. The van der Waals surface area contributed by atoms with Gasteiger partial charge < -0.3 is 0 Å². The Morgan fingerprint density at radius 3 is 2.60 bits per heavy atom. The number of nitrogens with zero attached hydrogens (tertiary/aromatic N) is 2. The third-order valence-electron chi connectivity index (χ3n) is 3.48. The Bertz CT molecular complexity index is 244. The molecule has 3 aliphatic rings. The van der Waals surface area contributed by atoms with E-state index >= 15 is 0 Å². The minimum Gasteiger partial charge on any atom is -0.299 e. The van der Waals surface area contributed by atoms with Gasteiger partial charge >= 0.3 is 0 Å². The van der Waals surface area contributed by atoms with Gasteiger partial charge in [-0.15, -0.1) is 6.58 Å². The summed E-state index contributed by atoms with van der Waals surface area (Å²) in [6.45, 7) is 9.10. The molecule has 3 fully saturated rings. The summed E-state index contributed by atoms with van der Waals surface area (Å²) in [6, 6.07) is 0.192. The molecular formula is C12H20N2O. The van der Waals surface area contributed by atoms with Crippen molar-refractivity contribution in [2.45, 2.75) is 25.3 Å². The van der Waals surface area contributed by atoms with Gasteiger partial charge in [0.05, 0.1) is 6.04 Å². The molecule has 2 bridgehead atoms. The predicted octanol–water partition coefficient (Wildman–Crippen LogP) is 0.912. The van der Waals surface area contributed by atoms with Crippen LogP contribution >= 0.6 is 0 Å². The normalized spacial score (nSPS) is 34.0. The Labute approximate surface area is 91.7 Å². The number of allylic oxidation sites excluding steroid dienone is 1. The Morgan fingerprint density at radius 1 is 1.33 bits per heavy atom. The Balaban J connectivity index is 1.82. The molecule has 3 rings (SSSR count). The molecule has 0 aromatic heterocycles. The fourth-order valence-electron chi connectivity index (χ4n) is 2.51. The molecule has 0 aromatic rings. The van der Waals surface area contributed by atoms with Gasteiger partial charge in [0, 0.05) is 39.1 Å². The van der Waals surface area contributed by atoms with Gasteiger partial charge in [-0.1, -0.05) is 6.08 Å². The lowest BCUT2D eigenvalue weighted by Crippen LogP contribution is -2.63. The third-order valence-corrected chi connectivity index (χ3v) is 3.48. The van der Waals surface area contributed by atoms with Gasteiger partial charge in [0.1, 0.15) is 0 Å². The molecule has 15 heavy (non-hydrogen) atoms. The quantitative estimate of drug-likeness (QED) is 0.495. The predicted molar refractivity (Wildman–Crippen MR) is 60.9 cm³/mol. The molecule has 0 saturated carbocycles. The molecular weight excluding hydrogens is 188 g/mol. The van der Waals surface area contributed by atoms with Crippen LogP contribution in [0.1, 0.15) is 19.3 Å². The lowest BCUT2D eigenvalue weighted by atomic mass is 10.00. The Hall–Kier alpha value is -0.670. The average Bonchev–Trinajstić information content (AvgIpc) is 2.30. The highest BCUT2D eigenvalue weighted by Crippen LogP contribution is 2.17. The van der Waals surface area contributed by atoms with Crippen LogP contribution in [0, 0.1) is 0 Å². The van der Waals surface area contributed by atoms with E-state index in [1.807, 2.05) is 6.08 Å². The number of piperazine rings is 3. The molecule has 0 aliphatic carbocycles. The number of ketones is 1. The zero-order valence-corrected chi connectivity index (χ0v) is 9.32. The van der Waals surface area contributed by atoms with Crippen molar-refractivity contribution in [1.29, 1.82) is 0 Å². The van der Waals surface area contributed by atoms with E-state index in [2.05, 4.69) is 16.4 Å². The molecule has 1 atom stereocenters. The summed E-state index contributed by atoms with van der Waals surface area (Å²) in [7, 11) is 0. The average molecular weight is 208 g/mol. The number of fused-ring (bicyclic) bond motifs is 3. The van der Waals surface area contributed by atoms with Gasteiger partial charge in [-0.2, -0.15) is 0 Å². The van der Waals surface area contributed by atoms with Crippen LogP contribution < -0.4 is 0 Å². The number of rotatable bonds is 5. The van der Waals surface area contributed by atoms with Crippen molar-refractivity contribution in [2.24, 2.45) is 0 Å². The number of hydrogen-bond acceptors (Lipinski definition) is 3. The van der Waals surface area contributed by atoms with Crippen molar-refractivity contribution in [1.82, 2.24) is 9.80 Å². The summed E-state index contributed by atoms with van der Waals surface area (Å²) in [5.41, 5.74) is 0. The maximum absolute atomic E-state index is 12.0. The van der Waals surface area contributed by atoms with Crippen molar-refractivity contribution in [3.63, 3.8) is 0 Å². The van der Waals surface area contributed by atoms with E-state index in [-0.39, 0.29) is 6.04 Å². The number of carbonyl (C=O) groups excluding carboxylic acids is 1. The molecule has 0 radical (unpaired) electrons. The maximum Gasteiger partial charge on any atom is 0.151 e. The lowest BCUT2D eigenvalue weighted by molar-refractivity contribution is -0.129. The van der Waals surface area contributed by atoms with Crippen molar-refractivity contribution in [3.05, 3.63) is 12.7 Å². The topological polar surface area (TPSA) is 23.6 Å². The van der Waals surface area contributed by atoms with Gasteiger partial charge in [0.2, 0.25) is 0 Å². The summed E-state index contributed by atoms with van der Waals surface area (Å²) < 4.78 is 0. The van der Waals surface area contributed by atoms with Gasteiger partial charge in [-0.05, 0) is 12.8 Å². The van der Waals surface area contributed by atoms with Crippen molar-refractivity contribution < 1.29 is 4.79 Å². The first-order valence-electron chi connectivity index (χ1n) is 5.91. The van der Waals surface area contributed by atoms with E-state index < -0.39 is 0 Å². The van der Waals surface area contributed by atoms with Crippen molar-refractivity contribution in [2.75, 3.05) is 32.7 Å².